The minimum Gasteiger partial charge on any atom is -0.442 e. The van der Waals surface area contributed by atoms with E-state index in [4.69, 9.17) is 11.3 Å². The Morgan fingerprint density at radius 1 is 1.23 bits per heavy atom. The molecule has 1 saturated carbocycles. The maximum atomic E-state index is 15.0. The van der Waals surface area contributed by atoms with E-state index in [1.807, 2.05) is 6.07 Å². The smallest absolute Gasteiger partial charge is 0.414 e. The number of pyridine rings is 1. The molecule has 0 radical (unpaired) electrons. The van der Waals surface area contributed by atoms with Gasteiger partial charge in [-0.15, -0.1) is 12.4 Å². The molecule has 3 aliphatic rings. The molecular formula is C23H20ClF2N7O2. The van der Waals surface area contributed by atoms with E-state index in [9.17, 15) is 9.18 Å². The largest absolute Gasteiger partial charge is 0.442 e. The van der Waals surface area contributed by atoms with Gasteiger partial charge < -0.3 is 14.9 Å². The van der Waals surface area contributed by atoms with E-state index in [-0.39, 0.29) is 37.3 Å². The van der Waals surface area contributed by atoms with Crippen LogP contribution in [-0.4, -0.2) is 51.8 Å². The predicted octanol–water partition coefficient (Wildman–Crippen LogP) is 3.03. The van der Waals surface area contributed by atoms with Gasteiger partial charge in [-0.1, -0.05) is 16.4 Å². The number of nitrogens with one attached hydrogen (secondary N) is 1. The molecule has 180 valence electrons. The van der Waals surface area contributed by atoms with Gasteiger partial charge in [0.25, 0.3) is 11.5 Å². The quantitative estimate of drug-likeness (QED) is 0.543. The van der Waals surface area contributed by atoms with Gasteiger partial charge in [-0.05, 0) is 24.3 Å². The number of benzene rings is 1. The Bertz CT molecular complexity index is 1320. The number of amides is 1. The summed E-state index contributed by atoms with van der Waals surface area (Å²) >= 11 is 0. The second-order valence-electron chi connectivity index (χ2n) is 8.78. The van der Waals surface area contributed by atoms with Crippen molar-refractivity contribution in [2.45, 2.75) is 18.2 Å². The molecule has 1 N–H and O–H groups in total. The standard InChI is InChI=1S/C23H19F2N7O2.ClH/c1-26-23(17-8-27-9-18(17)23)20-5-2-13(7-28-20)16-4-3-14(6-19(16)24)32-11-15(34-22(32)33)10-31-12-21(25)29-30-31;/h2-7,12,15,17-18,27H,8-11H2;1H/t15-,17-,18+,23?;/m0./s1. The average Bonchev–Trinajstić information content (AvgIpc) is 3.29. The Hall–Kier alpha value is -3.62. The first-order chi connectivity index (χ1) is 16.5. The lowest BCUT2D eigenvalue weighted by Crippen LogP contribution is -2.26. The normalized spacial score (nSPS) is 26.6. The third kappa shape index (κ3) is 3.69. The van der Waals surface area contributed by atoms with E-state index in [0.717, 1.165) is 25.0 Å². The van der Waals surface area contributed by atoms with Crippen molar-refractivity contribution in [3.05, 3.63) is 71.6 Å². The molecule has 3 aromatic rings. The van der Waals surface area contributed by atoms with Crippen LogP contribution in [0.3, 0.4) is 0 Å². The van der Waals surface area contributed by atoms with E-state index < -0.39 is 29.5 Å². The van der Waals surface area contributed by atoms with Crippen molar-refractivity contribution in [1.29, 1.82) is 0 Å². The molecule has 9 nitrogen and oxygen atoms in total. The number of anilines is 1. The number of fused-ring (bicyclic) bond motifs is 1. The van der Waals surface area contributed by atoms with E-state index in [1.165, 1.54) is 15.6 Å². The average molecular weight is 500 g/mol. The number of cyclic esters (lactones) is 1. The number of carbonyl (C=O) groups excluding carboxylic acids is 1. The Morgan fingerprint density at radius 2 is 2.03 bits per heavy atom. The van der Waals surface area contributed by atoms with Crippen molar-refractivity contribution < 1.29 is 18.3 Å². The van der Waals surface area contributed by atoms with Gasteiger partial charge in [-0.25, -0.2) is 20.4 Å². The number of nitrogens with zero attached hydrogens (tertiary/aromatic N) is 6. The van der Waals surface area contributed by atoms with Gasteiger partial charge in [0, 0.05) is 30.4 Å². The molecule has 4 heterocycles. The molecule has 3 fully saturated rings. The second kappa shape index (κ2) is 8.55. The molecular weight excluding hydrogens is 480 g/mol. The maximum absolute atomic E-state index is 15.0. The summed E-state index contributed by atoms with van der Waals surface area (Å²) in [4.78, 5) is 22.1. The van der Waals surface area contributed by atoms with Crippen molar-refractivity contribution in [2.75, 3.05) is 24.5 Å². The lowest BCUT2D eigenvalue weighted by molar-refractivity contribution is 0.129. The van der Waals surface area contributed by atoms with Crippen LogP contribution in [0.4, 0.5) is 19.3 Å². The number of ether oxygens (including phenoxy) is 1. The maximum Gasteiger partial charge on any atom is 0.414 e. The summed E-state index contributed by atoms with van der Waals surface area (Å²) < 4.78 is 34.6. The highest BCUT2D eigenvalue weighted by Gasteiger charge is 2.76. The van der Waals surface area contributed by atoms with Gasteiger partial charge in [-0.2, -0.15) is 4.39 Å². The van der Waals surface area contributed by atoms with Gasteiger partial charge in [0.05, 0.1) is 36.8 Å². The summed E-state index contributed by atoms with van der Waals surface area (Å²) in [5.74, 6) is -0.657. The summed E-state index contributed by atoms with van der Waals surface area (Å²) in [6, 6.07) is 8.11. The molecule has 2 aliphatic heterocycles. The van der Waals surface area contributed by atoms with Gasteiger partial charge in [0.1, 0.15) is 17.6 Å². The van der Waals surface area contributed by atoms with Crippen LogP contribution in [0.25, 0.3) is 16.0 Å². The molecule has 2 saturated heterocycles. The summed E-state index contributed by atoms with van der Waals surface area (Å²) in [6.45, 7) is 9.64. The summed E-state index contributed by atoms with van der Waals surface area (Å²) in [5.41, 5.74) is 1.47. The first-order valence-corrected chi connectivity index (χ1v) is 10.9. The monoisotopic (exact) mass is 499 g/mol. The molecule has 1 unspecified atom stereocenters. The topological polar surface area (TPSA) is 89.5 Å². The van der Waals surface area contributed by atoms with Crippen LogP contribution in [0.15, 0.2) is 42.7 Å². The number of halogens is 3. The van der Waals surface area contributed by atoms with Crippen LogP contribution in [0.5, 0.6) is 0 Å². The minimum absolute atomic E-state index is 0. The van der Waals surface area contributed by atoms with Crippen LogP contribution < -0.4 is 10.2 Å². The van der Waals surface area contributed by atoms with E-state index >= 15 is 4.39 Å². The fraction of sp³-hybridized carbons (Fsp3) is 0.348. The highest BCUT2D eigenvalue weighted by molar-refractivity contribution is 5.90. The number of carbonyl (C=O) groups is 1. The molecule has 12 heteroatoms. The highest BCUT2D eigenvalue weighted by atomic mass is 35.5. The van der Waals surface area contributed by atoms with E-state index in [2.05, 4.69) is 25.5 Å². The zero-order valence-electron chi connectivity index (χ0n) is 18.3. The summed E-state index contributed by atoms with van der Waals surface area (Å²) in [5, 5.41) is 10.2. The third-order valence-electron chi connectivity index (χ3n) is 6.95. The van der Waals surface area contributed by atoms with Crippen molar-refractivity contribution in [2.24, 2.45) is 11.8 Å². The number of piperidine rings is 1. The van der Waals surface area contributed by atoms with Crippen molar-refractivity contribution in [1.82, 2.24) is 25.3 Å². The van der Waals surface area contributed by atoms with E-state index in [1.54, 1.807) is 24.4 Å². The molecule has 1 aliphatic carbocycles. The Morgan fingerprint density at radius 3 is 2.66 bits per heavy atom. The summed E-state index contributed by atoms with van der Waals surface area (Å²) in [6.07, 6.45) is 1.52. The predicted molar refractivity (Wildman–Crippen MR) is 123 cm³/mol. The lowest BCUT2D eigenvalue weighted by Gasteiger charge is -2.15. The second-order valence-corrected chi connectivity index (χ2v) is 8.78. The Labute approximate surface area is 205 Å². The van der Waals surface area contributed by atoms with Crippen LogP contribution in [0, 0.1) is 30.2 Å². The fourth-order valence-corrected chi connectivity index (χ4v) is 5.21. The fourth-order valence-electron chi connectivity index (χ4n) is 5.21. The van der Waals surface area contributed by atoms with Crippen LogP contribution >= 0.6 is 12.4 Å². The molecule has 6 rings (SSSR count). The molecule has 2 aromatic heterocycles. The summed E-state index contributed by atoms with van der Waals surface area (Å²) in [7, 11) is 0. The van der Waals surface area contributed by atoms with Gasteiger partial charge in [0.2, 0.25) is 0 Å². The van der Waals surface area contributed by atoms with Crippen molar-refractivity contribution in [3.8, 4) is 11.1 Å². The van der Waals surface area contributed by atoms with Crippen LogP contribution in [0.2, 0.25) is 0 Å². The van der Waals surface area contributed by atoms with E-state index in [0.29, 0.717) is 16.8 Å². The zero-order valence-corrected chi connectivity index (χ0v) is 19.1. The van der Waals surface area contributed by atoms with Crippen molar-refractivity contribution in [3.63, 3.8) is 0 Å². The van der Waals surface area contributed by atoms with Crippen LogP contribution in [-0.2, 0) is 16.8 Å². The molecule has 0 bridgehead atoms. The molecule has 1 amide bonds. The lowest BCUT2D eigenvalue weighted by atomic mass is 10.0. The number of hydrogen-bond acceptors (Lipinski definition) is 6. The van der Waals surface area contributed by atoms with Crippen molar-refractivity contribution >= 4 is 24.2 Å². The number of hydrogen-bond donors (Lipinski definition) is 1. The number of aromatic nitrogens is 4. The number of rotatable bonds is 5. The SMILES string of the molecule is Cl.[C-]#[N+]C1(c2ccc(-c3ccc(N4C[C@H](Cn5cc(F)nn5)OC4=O)cc3F)cn2)[C@@H]2CNC[C@@H]21. The molecule has 1 aromatic carbocycles. The van der Waals surface area contributed by atoms with Gasteiger partial charge >= 0.3 is 6.09 Å². The first kappa shape index (κ1) is 23.1. The zero-order chi connectivity index (χ0) is 23.4. The van der Waals surface area contributed by atoms with Gasteiger partial charge in [0.15, 0.2) is 0 Å². The Balaban J connectivity index is 0.00000253. The highest BCUT2D eigenvalue weighted by Crippen LogP contribution is 2.62. The third-order valence-corrected chi connectivity index (χ3v) is 6.95. The van der Waals surface area contributed by atoms with Gasteiger partial charge in [-0.3, -0.25) is 9.88 Å². The first-order valence-electron chi connectivity index (χ1n) is 10.9. The molecule has 4 atom stereocenters. The minimum atomic E-state index is -0.720. The molecule has 35 heavy (non-hydrogen) atoms. The van der Waals surface area contributed by atoms with Crippen LogP contribution in [0.1, 0.15) is 5.69 Å². The Kier molecular flexibility index (Phi) is 5.65. The molecule has 0 spiro atoms.